The molecule has 0 spiro atoms. The summed E-state index contributed by atoms with van der Waals surface area (Å²) < 4.78 is 39.1. The Bertz CT molecular complexity index is 733. The average Bonchev–Trinajstić information content (AvgIpc) is 2.97. The Labute approximate surface area is 154 Å². The molecule has 1 aromatic carbocycles. The molecule has 2 aromatic rings. The number of carbonyl (C=O) groups excluding carboxylic acids is 1. The van der Waals surface area contributed by atoms with Gasteiger partial charge in [-0.05, 0) is 18.9 Å². The number of halogens is 3. The first-order valence-corrected chi connectivity index (χ1v) is 9.07. The van der Waals surface area contributed by atoms with Crippen molar-refractivity contribution in [2.45, 2.75) is 42.8 Å². The Hall–Kier alpha value is -2.03. The number of carbonyl (C=O) groups is 1. The second-order valence-electron chi connectivity index (χ2n) is 5.88. The molecule has 0 aliphatic rings. The van der Waals surface area contributed by atoms with E-state index < -0.39 is 17.3 Å². The maximum atomic E-state index is 12.8. The van der Waals surface area contributed by atoms with Crippen LogP contribution in [-0.4, -0.2) is 32.5 Å². The largest absolute Gasteiger partial charge is 0.451 e. The molecule has 2 rings (SSSR count). The smallest absolute Gasteiger partial charge is 0.355 e. The minimum Gasteiger partial charge on any atom is -0.355 e. The Kier molecular flexibility index (Phi) is 6.69. The zero-order valence-electron chi connectivity index (χ0n) is 14.7. The zero-order chi connectivity index (χ0) is 19.3. The number of nitrogens with zero attached hydrogens (tertiary/aromatic N) is 3. The maximum absolute atomic E-state index is 12.8. The van der Waals surface area contributed by atoms with Crippen molar-refractivity contribution in [2.24, 2.45) is 7.05 Å². The molecule has 9 heteroatoms. The minimum atomic E-state index is -4.57. The number of aromatic nitrogens is 3. The van der Waals surface area contributed by atoms with Crippen LogP contribution in [0.5, 0.6) is 0 Å². The lowest BCUT2D eigenvalue weighted by molar-refractivity contribution is -0.147. The van der Waals surface area contributed by atoms with Gasteiger partial charge in [0.15, 0.2) is 5.16 Å². The summed E-state index contributed by atoms with van der Waals surface area (Å²) >= 11 is 0.948. The van der Waals surface area contributed by atoms with Crippen LogP contribution < -0.4 is 5.32 Å². The standard InChI is InChI=1S/C17H21F3N4OS/c1-4-12(13-8-6-5-7-9-13)10-21-14(25)11(2)26-16-23-22-15(24(16)3)17(18,19)20/h5-9,11-12H,4,10H2,1-3H3,(H,21,25)/t11-,12-/m1/s1. The molecule has 0 saturated heterocycles. The van der Waals surface area contributed by atoms with Gasteiger partial charge in [-0.1, -0.05) is 49.0 Å². The number of hydrogen-bond donors (Lipinski definition) is 1. The highest BCUT2D eigenvalue weighted by Crippen LogP contribution is 2.30. The van der Waals surface area contributed by atoms with Gasteiger partial charge >= 0.3 is 6.18 Å². The second kappa shape index (κ2) is 8.57. The summed E-state index contributed by atoms with van der Waals surface area (Å²) in [6.07, 6.45) is -3.71. The monoisotopic (exact) mass is 386 g/mol. The molecule has 0 aliphatic carbocycles. The predicted octanol–water partition coefficient (Wildman–Crippen LogP) is 3.62. The minimum absolute atomic E-state index is 0.0510. The fourth-order valence-electron chi connectivity index (χ4n) is 2.47. The van der Waals surface area contributed by atoms with Gasteiger partial charge in [0.1, 0.15) is 0 Å². The number of amides is 1. The summed E-state index contributed by atoms with van der Waals surface area (Å²) in [7, 11) is 1.23. The highest BCUT2D eigenvalue weighted by molar-refractivity contribution is 8.00. The molecule has 1 N–H and O–H groups in total. The summed E-state index contributed by atoms with van der Waals surface area (Å²) in [6, 6.07) is 9.85. The zero-order valence-corrected chi connectivity index (χ0v) is 15.6. The van der Waals surface area contributed by atoms with Crippen molar-refractivity contribution in [3.8, 4) is 0 Å². The Balaban J connectivity index is 1.95. The van der Waals surface area contributed by atoms with Crippen LogP contribution in [0, 0.1) is 0 Å². The normalized spacial score (nSPS) is 14.1. The van der Waals surface area contributed by atoms with E-state index in [-0.39, 0.29) is 17.0 Å². The van der Waals surface area contributed by atoms with E-state index >= 15 is 0 Å². The fourth-order valence-corrected chi connectivity index (χ4v) is 3.31. The van der Waals surface area contributed by atoms with E-state index in [1.54, 1.807) is 6.92 Å². The van der Waals surface area contributed by atoms with Crippen molar-refractivity contribution in [1.82, 2.24) is 20.1 Å². The molecular weight excluding hydrogens is 365 g/mol. The molecule has 5 nitrogen and oxygen atoms in total. The number of hydrogen-bond acceptors (Lipinski definition) is 4. The number of nitrogens with one attached hydrogen (secondary N) is 1. The Morgan fingerprint density at radius 2 is 1.92 bits per heavy atom. The first-order chi connectivity index (χ1) is 12.2. The molecule has 1 heterocycles. The van der Waals surface area contributed by atoms with Crippen LogP contribution in [0.4, 0.5) is 13.2 Å². The first-order valence-electron chi connectivity index (χ1n) is 8.20. The van der Waals surface area contributed by atoms with E-state index in [2.05, 4.69) is 15.5 Å². The molecule has 0 radical (unpaired) electrons. The van der Waals surface area contributed by atoms with Crippen molar-refractivity contribution < 1.29 is 18.0 Å². The van der Waals surface area contributed by atoms with Crippen molar-refractivity contribution in [3.05, 3.63) is 41.7 Å². The third kappa shape index (κ3) is 5.00. The molecule has 0 bridgehead atoms. The summed E-state index contributed by atoms with van der Waals surface area (Å²) in [4.78, 5) is 12.3. The van der Waals surface area contributed by atoms with Crippen LogP contribution in [0.2, 0.25) is 0 Å². The molecule has 0 saturated carbocycles. The van der Waals surface area contributed by atoms with Crippen LogP contribution in [-0.2, 0) is 18.0 Å². The highest BCUT2D eigenvalue weighted by Gasteiger charge is 2.37. The van der Waals surface area contributed by atoms with Gasteiger partial charge in [-0.3, -0.25) is 4.79 Å². The lowest BCUT2D eigenvalue weighted by atomic mass is 9.96. The molecule has 142 valence electrons. The SMILES string of the molecule is CC[C@H](CNC(=O)[C@@H](C)Sc1nnc(C(F)(F)F)n1C)c1ccccc1. The molecule has 26 heavy (non-hydrogen) atoms. The van der Waals surface area contributed by atoms with Gasteiger partial charge in [-0.25, -0.2) is 0 Å². The van der Waals surface area contributed by atoms with Gasteiger partial charge in [0.2, 0.25) is 11.7 Å². The summed E-state index contributed by atoms with van der Waals surface area (Å²) in [5.74, 6) is -1.15. The number of alkyl halides is 3. The van der Waals surface area contributed by atoms with Crippen molar-refractivity contribution >= 4 is 17.7 Å². The van der Waals surface area contributed by atoms with Crippen LogP contribution in [0.3, 0.4) is 0 Å². The number of thioether (sulfide) groups is 1. The van der Waals surface area contributed by atoms with E-state index in [1.165, 1.54) is 7.05 Å². The van der Waals surface area contributed by atoms with Crippen LogP contribution >= 0.6 is 11.8 Å². The summed E-state index contributed by atoms with van der Waals surface area (Å²) in [5, 5.41) is 9.03. The van der Waals surface area contributed by atoms with E-state index in [4.69, 9.17) is 0 Å². The van der Waals surface area contributed by atoms with Gasteiger partial charge in [0.05, 0.1) is 5.25 Å². The Morgan fingerprint density at radius 3 is 2.46 bits per heavy atom. The van der Waals surface area contributed by atoms with Gasteiger partial charge in [-0.2, -0.15) is 13.2 Å². The molecule has 0 fully saturated rings. The van der Waals surface area contributed by atoms with Gasteiger partial charge in [0.25, 0.3) is 0 Å². The van der Waals surface area contributed by atoms with E-state index in [0.717, 1.165) is 28.3 Å². The maximum Gasteiger partial charge on any atom is 0.451 e. The van der Waals surface area contributed by atoms with Crippen molar-refractivity contribution in [2.75, 3.05) is 6.54 Å². The van der Waals surface area contributed by atoms with Crippen molar-refractivity contribution in [1.29, 1.82) is 0 Å². The third-order valence-corrected chi connectivity index (χ3v) is 5.16. The lowest BCUT2D eigenvalue weighted by Crippen LogP contribution is -2.34. The van der Waals surface area contributed by atoms with Gasteiger partial charge in [-0.15, -0.1) is 10.2 Å². The van der Waals surface area contributed by atoms with E-state index in [9.17, 15) is 18.0 Å². The molecule has 0 unspecified atom stereocenters. The Morgan fingerprint density at radius 1 is 1.27 bits per heavy atom. The molecular formula is C17H21F3N4OS. The number of benzene rings is 1. The van der Waals surface area contributed by atoms with Crippen LogP contribution in [0.25, 0.3) is 0 Å². The third-order valence-electron chi connectivity index (χ3n) is 4.03. The van der Waals surface area contributed by atoms with Crippen molar-refractivity contribution in [3.63, 3.8) is 0 Å². The van der Waals surface area contributed by atoms with Gasteiger partial charge in [0, 0.05) is 19.5 Å². The quantitative estimate of drug-likeness (QED) is 0.739. The van der Waals surface area contributed by atoms with Gasteiger partial charge < -0.3 is 9.88 Å². The van der Waals surface area contributed by atoms with E-state index in [0.29, 0.717) is 6.54 Å². The highest BCUT2D eigenvalue weighted by atomic mass is 32.2. The molecule has 2 atom stereocenters. The summed E-state index contributed by atoms with van der Waals surface area (Å²) in [5.41, 5.74) is 1.14. The van der Waals surface area contributed by atoms with Crippen LogP contribution in [0.1, 0.15) is 37.6 Å². The molecule has 1 aromatic heterocycles. The first kappa shape index (κ1) is 20.3. The molecule has 0 aliphatic heterocycles. The molecule has 1 amide bonds. The summed E-state index contributed by atoms with van der Waals surface area (Å²) in [6.45, 7) is 4.14. The lowest BCUT2D eigenvalue weighted by Gasteiger charge is -2.18. The van der Waals surface area contributed by atoms with E-state index in [1.807, 2.05) is 37.3 Å². The average molecular weight is 386 g/mol. The topological polar surface area (TPSA) is 59.8 Å². The number of rotatable bonds is 7. The van der Waals surface area contributed by atoms with Crippen LogP contribution in [0.15, 0.2) is 35.5 Å². The fraction of sp³-hybridized carbons (Fsp3) is 0.471. The predicted molar refractivity (Wildman–Crippen MR) is 93.8 cm³/mol. The second-order valence-corrected chi connectivity index (χ2v) is 7.19.